The minimum atomic E-state index is -1.00. The minimum absolute atomic E-state index is 0.0922. The van der Waals surface area contributed by atoms with E-state index in [0.29, 0.717) is 39.4 Å². The van der Waals surface area contributed by atoms with Crippen LogP contribution in [0.25, 0.3) is 16.0 Å². The summed E-state index contributed by atoms with van der Waals surface area (Å²) in [6.45, 7) is 6.26. The number of rotatable bonds is 8. The van der Waals surface area contributed by atoms with Gasteiger partial charge in [0.15, 0.2) is 5.13 Å². The summed E-state index contributed by atoms with van der Waals surface area (Å²) in [5.74, 6) is -1.36. The number of amides is 1. The van der Waals surface area contributed by atoms with Gasteiger partial charge in [0.05, 0.1) is 28.4 Å². The number of carbonyl (C=O) groups excluding carboxylic acids is 2. The van der Waals surface area contributed by atoms with Crippen molar-refractivity contribution in [2.24, 2.45) is 0 Å². The topological polar surface area (TPSA) is 89.0 Å². The summed E-state index contributed by atoms with van der Waals surface area (Å²) in [7, 11) is 0. The first-order valence-electron chi connectivity index (χ1n) is 11.8. The summed E-state index contributed by atoms with van der Waals surface area (Å²) < 4.78 is 25.5. The molecule has 1 aliphatic rings. The van der Waals surface area contributed by atoms with E-state index in [1.807, 2.05) is 6.92 Å². The fourth-order valence-electron chi connectivity index (χ4n) is 4.30. The van der Waals surface area contributed by atoms with Gasteiger partial charge in [-0.1, -0.05) is 36.1 Å². The molecule has 2 heterocycles. The highest BCUT2D eigenvalue weighted by Gasteiger charge is 2.48. The van der Waals surface area contributed by atoms with Crippen molar-refractivity contribution in [1.82, 2.24) is 4.98 Å². The van der Waals surface area contributed by atoms with Crippen LogP contribution < -0.4 is 14.4 Å². The van der Waals surface area contributed by atoms with Gasteiger partial charge in [0.2, 0.25) is 0 Å². The molecule has 1 unspecified atom stereocenters. The van der Waals surface area contributed by atoms with Crippen LogP contribution in [-0.4, -0.2) is 35.0 Å². The molecular weight excluding hydrogens is 507 g/mol. The summed E-state index contributed by atoms with van der Waals surface area (Å²) in [6.07, 6.45) is 1.60. The Kier molecular flexibility index (Phi) is 6.93. The van der Waals surface area contributed by atoms with Crippen molar-refractivity contribution in [3.8, 4) is 11.5 Å². The predicted molar refractivity (Wildman–Crippen MR) is 144 cm³/mol. The summed E-state index contributed by atoms with van der Waals surface area (Å²) >= 11 is 1.08. The first-order chi connectivity index (χ1) is 18.4. The van der Waals surface area contributed by atoms with Gasteiger partial charge in [-0.15, -0.1) is 0 Å². The van der Waals surface area contributed by atoms with Gasteiger partial charge in [-0.25, -0.2) is 9.37 Å². The van der Waals surface area contributed by atoms with Gasteiger partial charge < -0.3 is 14.6 Å². The van der Waals surface area contributed by atoms with E-state index in [4.69, 9.17) is 9.47 Å². The quantitative estimate of drug-likeness (QED) is 0.130. The lowest BCUT2D eigenvalue weighted by Gasteiger charge is -2.23. The zero-order valence-electron chi connectivity index (χ0n) is 20.4. The Balaban J connectivity index is 1.68. The maximum Gasteiger partial charge on any atom is 0.301 e. The summed E-state index contributed by atoms with van der Waals surface area (Å²) in [4.78, 5) is 32.6. The molecule has 9 heteroatoms. The van der Waals surface area contributed by atoms with Crippen LogP contribution in [0.2, 0.25) is 0 Å². The number of nitrogens with zero attached hydrogens (tertiary/aromatic N) is 2. The number of carbonyl (C=O) groups is 2. The number of aliphatic hydroxyl groups is 1. The molecule has 192 valence electrons. The SMILES string of the molecule is C=CCOc1cccc(C2C(=C(O)c3ccc(OCC)cc3)C(=O)C(=O)N2c2nc3ccc(F)cc3s2)c1. The molecule has 0 radical (unpaired) electrons. The molecule has 0 spiro atoms. The third-order valence-electron chi connectivity index (χ3n) is 5.97. The Morgan fingerprint density at radius 1 is 1.11 bits per heavy atom. The van der Waals surface area contributed by atoms with E-state index in [9.17, 15) is 19.1 Å². The number of ether oxygens (including phenoxy) is 2. The molecule has 1 aromatic heterocycles. The molecular formula is C29H23FN2O5S. The van der Waals surface area contributed by atoms with E-state index in [2.05, 4.69) is 11.6 Å². The highest BCUT2D eigenvalue weighted by molar-refractivity contribution is 7.22. The number of aromatic nitrogens is 1. The zero-order chi connectivity index (χ0) is 26.8. The van der Waals surface area contributed by atoms with Gasteiger partial charge in [0.1, 0.15) is 29.7 Å². The fraction of sp³-hybridized carbons (Fsp3) is 0.138. The number of Topliss-reactive ketones (excluding diaryl/α,β-unsaturated/α-hetero) is 1. The Bertz CT molecular complexity index is 1580. The molecule has 4 aromatic rings. The number of fused-ring (bicyclic) bond motifs is 1. The molecule has 3 aromatic carbocycles. The molecule has 7 nitrogen and oxygen atoms in total. The Labute approximate surface area is 222 Å². The molecule has 1 amide bonds. The van der Waals surface area contributed by atoms with Crippen LogP contribution in [0, 0.1) is 5.82 Å². The second-order valence-electron chi connectivity index (χ2n) is 8.41. The average molecular weight is 531 g/mol. The van der Waals surface area contributed by atoms with E-state index in [1.54, 1.807) is 54.6 Å². The van der Waals surface area contributed by atoms with Crippen LogP contribution in [0.3, 0.4) is 0 Å². The molecule has 1 aliphatic heterocycles. The lowest BCUT2D eigenvalue weighted by atomic mass is 9.95. The maximum absolute atomic E-state index is 13.9. The van der Waals surface area contributed by atoms with Gasteiger partial charge in [0.25, 0.3) is 5.78 Å². The fourth-order valence-corrected chi connectivity index (χ4v) is 5.31. The minimum Gasteiger partial charge on any atom is -0.507 e. The average Bonchev–Trinajstić information content (AvgIpc) is 3.45. The lowest BCUT2D eigenvalue weighted by Crippen LogP contribution is -2.29. The zero-order valence-corrected chi connectivity index (χ0v) is 21.2. The standard InChI is InChI=1S/C29H23FN2O5S/c1-3-14-37-21-7-5-6-18(15-21)25-24(26(33)17-8-11-20(12-9-17)36-4-2)27(34)28(35)32(25)29-31-22-13-10-19(30)16-23(22)38-29/h3,5-13,15-16,25,33H,1,4,14H2,2H3. The van der Waals surface area contributed by atoms with Crippen LogP contribution >= 0.6 is 11.3 Å². The number of hydrogen-bond donors (Lipinski definition) is 1. The van der Waals surface area contributed by atoms with Crippen LogP contribution in [0.4, 0.5) is 9.52 Å². The third-order valence-corrected chi connectivity index (χ3v) is 6.99. The van der Waals surface area contributed by atoms with E-state index in [-0.39, 0.29) is 23.1 Å². The number of halogens is 1. The molecule has 1 fully saturated rings. The van der Waals surface area contributed by atoms with E-state index in [0.717, 1.165) is 11.3 Å². The highest BCUT2D eigenvalue weighted by atomic mass is 32.1. The second-order valence-corrected chi connectivity index (χ2v) is 9.42. The van der Waals surface area contributed by atoms with Gasteiger partial charge in [0, 0.05) is 5.56 Å². The number of aliphatic hydroxyl groups excluding tert-OH is 1. The molecule has 1 saturated heterocycles. The Hall–Kier alpha value is -4.50. The molecule has 1 atom stereocenters. The first-order valence-corrected chi connectivity index (χ1v) is 12.7. The number of ketones is 1. The monoisotopic (exact) mass is 530 g/mol. The lowest BCUT2D eigenvalue weighted by molar-refractivity contribution is -0.132. The smallest absolute Gasteiger partial charge is 0.301 e. The van der Waals surface area contributed by atoms with Crippen molar-refractivity contribution in [2.45, 2.75) is 13.0 Å². The van der Waals surface area contributed by atoms with Crippen molar-refractivity contribution in [1.29, 1.82) is 0 Å². The molecule has 0 bridgehead atoms. The van der Waals surface area contributed by atoms with Crippen molar-refractivity contribution in [2.75, 3.05) is 18.1 Å². The highest BCUT2D eigenvalue weighted by Crippen LogP contribution is 2.45. The Morgan fingerprint density at radius 2 is 1.89 bits per heavy atom. The number of benzene rings is 3. The van der Waals surface area contributed by atoms with Gasteiger partial charge in [-0.3, -0.25) is 14.5 Å². The van der Waals surface area contributed by atoms with E-state index >= 15 is 0 Å². The Morgan fingerprint density at radius 3 is 2.63 bits per heavy atom. The predicted octanol–water partition coefficient (Wildman–Crippen LogP) is 6.03. The summed E-state index contributed by atoms with van der Waals surface area (Å²) in [5.41, 5.74) is 1.28. The van der Waals surface area contributed by atoms with Gasteiger partial charge in [-0.2, -0.15) is 0 Å². The normalized spacial score (nSPS) is 16.7. The largest absolute Gasteiger partial charge is 0.507 e. The van der Waals surface area contributed by atoms with Gasteiger partial charge in [-0.05, 0) is 67.1 Å². The second kappa shape index (κ2) is 10.5. The molecule has 0 saturated carbocycles. The van der Waals surface area contributed by atoms with Crippen LogP contribution in [-0.2, 0) is 9.59 Å². The third kappa shape index (κ3) is 4.64. The van der Waals surface area contributed by atoms with Crippen molar-refractivity contribution >= 4 is 44.1 Å². The van der Waals surface area contributed by atoms with E-state index < -0.39 is 23.5 Å². The number of hydrogen-bond acceptors (Lipinski definition) is 7. The summed E-state index contributed by atoms with van der Waals surface area (Å²) in [6, 6.07) is 16.6. The van der Waals surface area contributed by atoms with Crippen molar-refractivity contribution in [3.63, 3.8) is 0 Å². The first kappa shape index (κ1) is 25.2. The van der Waals surface area contributed by atoms with Crippen LogP contribution in [0.1, 0.15) is 24.1 Å². The summed E-state index contributed by atoms with van der Waals surface area (Å²) in [5, 5.41) is 11.5. The molecule has 38 heavy (non-hydrogen) atoms. The van der Waals surface area contributed by atoms with Crippen LogP contribution in [0.5, 0.6) is 11.5 Å². The van der Waals surface area contributed by atoms with E-state index in [1.165, 1.54) is 23.1 Å². The van der Waals surface area contributed by atoms with Crippen molar-refractivity contribution < 1.29 is 28.6 Å². The molecule has 1 N–H and O–H groups in total. The molecule has 0 aliphatic carbocycles. The van der Waals surface area contributed by atoms with Crippen LogP contribution in [0.15, 0.2) is 85.0 Å². The molecule has 5 rings (SSSR count). The number of anilines is 1. The van der Waals surface area contributed by atoms with Gasteiger partial charge >= 0.3 is 5.91 Å². The number of thiazole rings is 1. The maximum atomic E-state index is 13.9. The van der Waals surface area contributed by atoms with Crippen molar-refractivity contribution in [3.05, 3.63) is 102 Å².